The van der Waals surface area contributed by atoms with E-state index in [-0.39, 0.29) is 5.56 Å². The molecule has 0 bridgehead atoms. The van der Waals surface area contributed by atoms with Gasteiger partial charge >= 0.3 is 0 Å². The van der Waals surface area contributed by atoms with Gasteiger partial charge in [-0.15, -0.1) is 0 Å². The van der Waals surface area contributed by atoms with Gasteiger partial charge in [0, 0.05) is 10.4 Å². The fraction of sp³-hybridized carbons (Fsp3) is 0.0417. The summed E-state index contributed by atoms with van der Waals surface area (Å²) in [5, 5.41) is 4.78. The van der Waals surface area contributed by atoms with Gasteiger partial charge < -0.3 is 20.3 Å². The van der Waals surface area contributed by atoms with Gasteiger partial charge in [-0.05, 0) is 42.5 Å². The highest BCUT2D eigenvalue weighted by Gasteiger charge is 2.18. The normalized spacial score (nSPS) is 11.5. The van der Waals surface area contributed by atoms with E-state index in [0.717, 1.165) is 33.3 Å². The van der Waals surface area contributed by atoms with Gasteiger partial charge in [-0.3, -0.25) is 4.79 Å². The van der Waals surface area contributed by atoms with E-state index in [1.54, 1.807) is 12.1 Å². The minimum atomic E-state index is -0.244. The van der Waals surface area contributed by atoms with E-state index in [0.29, 0.717) is 34.2 Å². The highest BCUT2D eigenvalue weighted by molar-refractivity contribution is 6.31. The van der Waals surface area contributed by atoms with E-state index >= 15 is 0 Å². The van der Waals surface area contributed by atoms with Crippen molar-refractivity contribution >= 4 is 50.3 Å². The molecule has 0 spiro atoms. The molecule has 3 aromatic heterocycles. The standard InChI is InChI=1S/C24H17ClN6O/c25-13-9-10-15-14(11-13)22(26-12-20-27-16-5-1-2-6-17(16)28-20)21(24(32)31-15)23-29-18-7-3-4-8-19(18)30-23/h1-11H,12H2,(H,27,28)(H,29,30)(H2,26,31,32). The summed E-state index contributed by atoms with van der Waals surface area (Å²) in [4.78, 5) is 32.0. The summed E-state index contributed by atoms with van der Waals surface area (Å²) in [5.41, 5.74) is 5.00. The predicted molar refractivity (Wildman–Crippen MR) is 128 cm³/mol. The van der Waals surface area contributed by atoms with E-state index in [1.165, 1.54) is 0 Å². The third-order valence-corrected chi connectivity index (χ3v) is 5.71. The van der Waals surface area contributed by atoms with Crippen molar-refractivity contribution in [3.05, 3.63) is 87.9 Å². The fourth-order valence-corrected chi connectivity index (χ4v) is 4.18. The minimum Gasteiger partial charge on any atom is -0.377 e. The molecule has 0 atom stereocenters. The van der Waals surface area contributed by atoms with Crippen molar-refractivity contribution in [2.75, 3.05) is 5.32 Å². The zero-order chi connectivity index (χ0) is 21.7. The first-order chi connectivity index (χ1) is 15.7. The van der Waals surface area contributed by atoms with Crippen molar-refractivity contribution in [1.82, 2.24) is 24.9 Å². The Morgan fingerprint density at radius 1 is 0.812 bits per heavy atom. The number of nitrogens with zero attached hydrogens (tertiary/aromatic N) is 2. The Labute approximate surface area is 186 Å². The number of hydrogen-bond acceptors (Lipinski definition) is 4. The third kappa shape index (κ3) is 3.11. The lowest BCUT2D eigenvalue weighted by molar-refractivity contribution is 1.01. The maximum absolute atomic E-state index is 13.2. The van der Waals surface area contributed by atoms with Crippen LogP contribution in [0.25, 0.3) is 44.4 Å². The van der Waals surface area contributed by atoms with Crippen LogP contribution in [-0.2, 0) is 6.54 Å². The lowest BCUT2D eigenvalue weighted by atomic mass is 10.1. The molecule has 7 nitrogen and oxygen atoms in total. The van der Waals surface area contributed by atoms with Gasteiger partial charge in [0.2, 0.25) is 0 Å². The monoisotopic (exact) mass is 440 g/mol. The summed E-state index contributed by atoms with van der Waals surface area (Å²) < 4.78 is 0. The molecule has 0 saturated heterocycles. The molecule has 0 unspecified atom stereocenters. The first-order valence-electron chi connectivity index (χ1n) is 10.1. The lowest BCUT2D eigenvalue weighted by Gasteiger charge is -2.13. The summed E-state index contributed by atoms with van der Waals surface area (Å²) in [5.74, 6) is 1.25. The number of benzene rings is 3. The zero-order valence-electron chi connectivity index (χ0n) is 16.7. The van der Waals surface area contributed by atoms with Gasteiger partial charge in [0.25, 0.3) is 5.56 Å². The molecular weight excluding hydrogens is 424 g/mol. The summed E-state index contributed by atoms with van der Waals surface area (Å²) in [6.45, 7) is 0.396. The number of anilines is 1. The van der Waals surface area contributed by atoms with E-state index < -0.39 is 0 Å². The van der Waals surface area contributed by atoms with Gasteiger partial charge in [0.15, 0.2) is 0 Å². The Balaban J connectivity index is 1.52. The molecule has 0 aliphatic heterocycles. The summed E-state index contributed by atoms with van der Waals surface area (Å²) in [7, 11) is 0. The smallest absolute Gasteiger partial charge is 0.261 e. The molecule has 32 heavy (non-hydrogen) atoms. The Morgan fingerprint density at radius 3 is 2.28 bits per heavy atom. The van der Waals surface area contributed by atoms with E-state index in [2.05, 4.69) is 30.2 Å². The Morgan fingerprint density at radius 2 is 1.53 bits per heavy atom. The average Bonchev–Trinajstić information content (AvgIpc) is 3.41. The number of halogens is 1. The minimum absolute atomic E-state index is 0.244. The van der Waals surface area contributed by atoms with Crippen LogP contribution in [0.4, 0.5) is 5.69 Å². The summed E-state index contributed by atoms with van der Waals surface area (Å²) in [6, 6.07) is 20.9. The molecule has 0 radical (unpaired) electrons. The van der Waals surface area contributed by atoms with Crippen molar-refractivity contribution in [3.8, 4) is 11.4 Å². The van der Waals surface area contributed by atoms with Gasteiger partial charge in [-0.1, -0.05) is 35.9 Å². The number of aromatic amines is 3. The number of rotatable bonds is 4. The Bertz CT molecular complexity index is 1610. The summed E-state index contributed by atoms with van der Waals surface area (Å²) >= 11 is 6.30. The molecule has 4 N–H and O–H groups in total. The number of imidazole rings is 2. The third-order valence-electron chi connectivity index (χ3n) is 5.47. The number of fused-ring (bicyclic) bond motifs is 3. The topological polar surface area (TPSA) is 102 Å². The number of aromatic nitrogens is 5. The molecule has 0 amide bonds. The molecule has 0 aliphatic rings. The van der Waals surface area contributed by atoms with Gasteiger partial charge in [0.1, 0.15) is 17.2 Å². The van der Waals surface area contributed by atoms with Crippen LogP contribution in [-0.4, -0.2) is 24.9 Å². The van der Waals surface area contributed by atoms with Crippen molar-refractivity contribution in [2.45, 2.75) is 6.54 Å². The van der Waals surface area contributed by atoms with Crippen molar-refractivity contribution in [2.24, 2.45) is 0 Å². The first kappa shape index (κ1) is 18.7. The second kappa shape index (κ2) is 7.25. The molecular formula is C24H17ClN6O. The second-order valence-electron chi connectivity index (χ2n) is 7.55. The molecule has 6 rings (SSSR count). The SMILES string of the molecule is O=c1[nH]c2ccc(Cl)cc2c(NCc2nc3ccccc3[nH]2)c1-c1nc2ccccc2[nH]1. The van der Waals surface area contributed by atoms with E-state index in [9.17, 15) is 4.79 Å². The number of H-pyrrole nitrogens is 3. The average molecular weight is 441 g/mol. The summed E-state index contributed by atoms with van der Waals surface area (Å²) in [6.07, 6.45) is 0. The molecule has 0 fully saturated rings. The second-order valence-corrected chi connectivity index (χ2v) is 7.99. The van der Waals surface area contributed by atoms with Crippen molar-refractivity contribution in [3.63, 3.8) is 0 Å². The van der Waals surface area contributed by atoms with E-state index in [4.69, 9.17) is 11.6 Å². The predicted octanol–water partition coefficient (Wildman–Crippen LogP) is 5.21. The molecule has 0 aliphatic carbocycles. The maximum atomic E-state index is 13.2. The van der Waals surface area contributed by atoms with Crippen molar-refractivity contribution < 1.29 is 0 Å². The molecule has 156 valence electrons. The highest BCUT2D eigenvalue weighted by Crippen LogP contribution is 2.32. The fourth-order valence-electron chi connectivity index (χ4n) is 4.01. The van der Waals surface area contributed by atoms with Crippen LogP contribution >= 0.6 is 11.6 Å². The largest absolute Gasteiger partial charge is 0.377 e. The maximum Gasteiger partial charge on any atom is 0.261 e. The molecule has 6 aromatic rings. The molecule has 8 heteroatoms. The van der Waals surface area contributed by atoms with Crippen LogP contribution in [0.5, 0.6) is 0 Å². The van der Waals surface area contributed by atoms with Crippen molar-refractivity contribution in [1.29, 1.82) is 0 Å². The van der Waals surface area contributed by atoms with Crippen LogP contribution in [0, 0.1) is 0 Å². The van der Waals surface area contributed by atoms with Gasteiger partial charge in [0.05, 0.1) is 39.8 Å². The number of para-hydroxylation sites is 4. The van der Waals surface area contributed by atoms with Crippen LogP contribution in [0.2, 0.25) is 5.02 Å². The Hall–Kier alpha value is -4.10. The molecule has 3 heterocycles. The lowest BCUT2D eigenvalue weighted by Crippen LogP contribution is -2.15. The first-order valence-corrected chi connectivity index (χ1v) is 10.5. The number of pyridine rings is 1. The number of hydrogen-bond donors (Lipinski definition) is 4. The van der Waals surface area contributed by atoms with Gasteiger partial charge in [-0.25, -0.2) is 9.97 Å². The quantitative estimate of drug-likeness (QED) is 0.302. The van der Waals surface area contributed by atoms with Crippen LogP contribution in [0.1, 0.15) is 5.82 Å². The van der Waals surface area contributed by atoms with Crippen LogP contribution in [0.15, 0.2) is 71.5 Å². The number of nitrogens with one attached hydrogen (secondary N) is 4. The Kier molecular flexibility index (Phi) is 4.22. The van der Waals surface area contributed by atoms with Gasteiger partial charge in [-0.2, -0.15) is 0 Å². The van der Waals surface area contributed by atoms with E-state index in [1.807, 2.05) is 54.6 Å². The van der Waals surface area contributed by atoms with Crippen LogP contribution in [0.3, 0.4) is 0 Å². The molecule has 3 aromatic carbocycles. The van der Waals surface area contributed by atoms with Crippen LogP contribution < -0.4 is 10.9 Å². The zero-order valence-corrected chi connectivity index (χ0v) is 17.5. The molecule has 0 saturated carbocycles. The highest BCUT2D eigenvalue weighted by atomic mass is 35.5.